The van der Waals surface area contributed by atoms with Crippen LogP contribution in [-0.4, -0.2) is 10.8 Å². The molecule has 4 heteroatoms. The van der Waals surface area contributed by atoms with Crippen LogP contribution in [-0.2, 0) is 10.2 Å². The van der Waals surface area contributed by atoms with Crippen LogP contribution < -0.4 is 0 Å². The van der Waals surface area contributed by atoms with Gasteiger partial charge in [-0.05, 0) is 42.7 Å². The van der Waals surface area contributed by atoms with Crippen molar-refractivity contribution in [3.8, 4) is 6.07 Å². The van der Waals surface area contributed by atoms with Gasteiger partial charge in [0.05, 0.1) is 17.2 Å². The van der Waals surface area contributed by atoms with Crippen molar-refractivity contribution in [2.75, 3.05) is 0 Å². The number of benzene rings is 1. The van der Waals surface area contributed by atoms with Gasteiger partial charge in [0.15, 0.2) is 5.78 Å². The largest absolute Gasteiger partial charge is 0.297 e. The number of Topliss-reactive ketones (excluding diaryl/α,β-unsaturated/α-hetero) is 1. The van der Waals surface area contributed by atoms with Crippen LogP contribution in [0.3, 0.4) is 0 Å². The van der Waals surface area contributed by atoms with Gasteiger partial charge in [-0.2, -0.15) is 5.26 Å². The second kappa shape index (κ2) is 5.69. The molecular formula is C18H15FN2O. The highest BCUT2D eigenvalue weighted by atomic mass is 19.1. The van der Waals surface area contributed by atoms with E-state index in [4.69, 9.17) is 0 Å². The number of aromatic nitrogens is 1. The number of hydrogen-bond donors (Lipinski definition) is 0. The molecular weight excluding hydrogens is 279 g/mol. The number of rotatable bonds is 4. The highest BCUT2D eigenvalue weighted by Gasteiger charge is 2.48. The Balaban J connectivity index is 1.98. The molecule has 0 saturated heterocycles. The molecule has 1 saturated carbocycles. The monoisotopic (exact) mass is 294 g/mol. The van der Waals surface area contributed by atoms with Crippen LogP contribution in [0.5, 0.6) is 0 Å². The van der Waals surface area contributed by atoms with Crippen molar-refractivity contribution in [2.24, 2.45) is 0 Å². The molecule has 110 valence electrons. The topological polar surface area (TPSA) is 53.8 Å². The zero-order chi connectivity index (χ0) is 15.6. The number of ketones is 1. The van der Waals surface area contributed by atoms with Crippen LogP contribution in [0, 0.1) is 17.1 Å². The minimum Gasteiger partial charge on any atom is -0.297 e. The molecule has 1 aromatic carbocycles. The summed E-state index contributed by atoms with van der Waals surface area (Å²) in [5.74, 6) is -1.34. The van der Waals surface area contributed by atoms with Crippen LogP contribution in [0.25, 0.3) is 0 Å². The van der Waals surface area contributed by atoms with Crippen molar-refractivity contribution >= 4 is 5.78 Å². The highest BCUT2D eigenvalue weighted by Crippen LogP contribution is 2.47. The Morgan fingerprint density at radius 2 is 1.95 bits per heavy atom. The van der Waals surface area contributed by atoms with Crippen molar-refractivity contribution in [3.05, 3.63) is 65.7 Å². The third-order valence-electron chi connectivity index (χ3n) is 4.45. The maximum atomic E-state index is 13.1. The Hall–Kier alpha value is -2.54. The number of carbonyl (C=O) groups excluding carboxylic acids is 1. The average Bonchev–Trinajstić information content (AvgIpc) is 2.50. The zero-order valence-corrected chi connectivity index (χ0v) is 12.0. The molecule has 1 fully saturated rings. The summed E-state index contributed by atoms with van der Waals surface area (Å²) in [7, 11) is 0. The molecule has 0 radical (unpaired) electrons. The van der Waals surface area contributed by atoms with Gasteiger partial charge >= 0.3 is 0 Å². The van der Waals surface area contributed by atoms with E-state index >= 15 is 0 Å². The maximum absolute atomic E-state index is 13.1. The number of halogens is 1. The fourth-order valence-corrected chi connectivity index (χ4v) is 3.06. The van der Waals surface area contributed by atoms with E-state index in [9.17, 15) is 14.4 Å². The molecule has 1 aliphatic rings. The summed E-state index contributed by atoms with van der Waals surface area (Å²) in [6, 6.07) is 13.3. The molecule has 0 spiro atoms. The quantitative estimate of drug-likeness (QED) is 0.867. The first-order valence-electron chi connectivity index (χ1n) is 7.28. The average molecular weight is 294 g/mol. The number of pyridine rings is 1. The highest BCUT2D eigenvalue weighted by molar-refractivity contribution is 5.98. The summed E-state index contributed by atoms with van der Waals surface area (Å²) in [6.45, 7) is 0. The molecule has 22 heavy (non-hydrogen) atoms. The van der Waals surface area contributed by atoms with E-state index in [2.05, 4.69) is 11.1 Å². The van der Waals surface area contributed by atoms with Crippen molar-refractivity contribution in [1.29, 1.82) is 5.26 Å². The number of nitriles is 1. The number of hydrogen-bond acceptors (Lipinski definition) is 3. The third kappa shape index (κ3) is 2.29. The molecule has 0 unspecified atom stereocenters. The molecule has 0 aliphatic heterocycles. The van der Waals surface area contributed by atoms with Crippen LogP contribution in [0.15, 0.2) is 48.7 Å². The summed E-state index contributed by atoms with van der Waals surface area (Å²) < 4.78 is 13.1. The van der Waals surface area contributed by atoms with Gasteiger partial charge in [-0.3, -0.25) is 9.78 Å². The van der Waals surface area contributed by atoms with Crippen LogP contribution in [0.1, 0.15) is 36.4 Å². The molecule has 0 bridgehead atoms. The Bertz CT molecular complexity index is 715. The Kier molecular flexibility index (Phi) is 3.72. The molecule has 3 nitrogen and oxygen atoms in total. The van der Waals surface area contributed by atoms with Gasteiger partial charge < -0.3 is 0 Å². The van der Waals surface area contributed by atoms with Crippen LogP contribution in [0.2, 0.25) is 0 Å². The molecule has 1 aliphatic carbocycles. The minimum absolute atomic E-state index is 0.133. The molecule has 1 aromatic heterocycles. The van der Waals surface area contributed by atoms with Gasteiger partial charge in [-0.15, -0.1) is 0 Å². The summed E-state index contributed by atoms with van der Waals surface area (Å²) in [4.78, 5) is 17.2. The molecule has 1 heterocycles. The lowest BCUT2D eigenvalue weighted by Gasteiger charge is -2.42. The van der Waals surface area contributed by atoms with E-state index in [1.807, 2.05) is 0 Å². The van der Waals surface area contributed by atoms with Gasteiger partial charge in [-0.25, -0.2) is 4.39 Å². The van der Waals surface area contributed by atoms with Crippen LogP contribution >= 0.6 is 0 Å². The smallest absolute Gasteiger partial charge is 0.166 e. The Morgan fingerprint density at radius 1 is 1.23 bits per heavy atom. The van der Waals surface area contributed by atoms with Gasteiger partial charge in [0.2, 0.25) is 0 Å². The molecule has 0 N–H and O–H groups in total. The van der Waals surface area contributed by atoms with Crippen molar-refractivity contribution in [2.45, 2.75) is 30.6 Å². The van der Waals surface area contributed by atoms with E-state index < -0.39 is 11.3 Å². The predicted octanol–water partition coefficient (Wildman–Crippen LogP) is 3.52. The van der Waals surface area contributed by atoms with Gasteiger partial charge in [-0.1, -0.05) is 24.6 Å². The lowest BCUT2D eigenvalue weighted by molar-refractivity contribution is -0.128. The predicted molar refractivity (Wildman–Crippen MR) is 79.5 cm³/mol. The lowest BCUT2D eigenvalue weighted by atomic mass is 9.59. The number of carbonyl (C=O) groups is 1. The maximum Gasteiger partial charge on any atom is 0.166 e. The van der Waals surface area contributed by atoms with Crippen LogP contribution in [0.4, 0.5) is 4.39 Å². The fraction of sp³-hybridized carbons (Fsp3) is 0.278. The standard InChI is InChI=1S/C18H15FN2O/c19-14-7-5-13(6-8-14)18(9-3-10-18)17(22)15(12-20)16-4-1-2-11-21-16/h1-2,4-8,11,15H,3,9-10H2/t15-/m0/s1. The Morgan fingerprint density at radius 3 is 2.45 bits per heavy atom. The van der Waals surface area contributed by atoms with Crippen molar-refractivity contribution in [3.63, 3.8) is 0 Å². The van der Waals surface area contributed by atoms with Crippen molar-refractivity contribution < 1.29 is 9.18 Å². The van der Waals surface area contributed by atoms with Gasteiger partial charge in [0.1, 0.15) is 11.7 Å². The minimum atomic E-state index is -0.883. The fourth-order valence-electron chi connectivity index (χ4n) is 3.06. The van der Waals surface area contributed by atoms with E-state index in [1.165, 1.54) is 12.1 Å². The normalized spacial score (nSPS) is 17.1. The van der Waals surface area contributed by atoms with Gasteiger partial charge in [0.25, 0.3) is 0 Å². The summed E-state index contributed by atoms with van der Waals surface area (Å²) in [5, 5.41) is 9.45. The second-order valence-corrected chi connectivity index (χ2v) is 5.62. The first-order valence-corrected chi connectivity index (χ1v) is 7.28. The first kappa shape index (κ1) is 14.4. The third-order valence-corrected chi connectivity index (χ3v) is 4.45. The molecule has 3 rings (SSSR count). The molecule has 2 aromatic rings. The van der Waals surface area contributed by atoms with E-state index in [0.29, 0.717) is 18.5 Å². The van der Waals surface area contributed by atoms with E-state index in [0.717, 1.165) is 12.0 Å². The summed E-state index contributed by atoms with van der Waals surface area (Å²) >= 11 is 0. The molecule has 0 amide bonds. The summed E-state index contributed by atoms with van der Waals surface area (Å²) in [5.41, 5.74) is 0.593. The van der Waals surface area contributed by atoms with Crippen molar-refractivity contribution in [1.82, 2.24) is 4.98 Å². The Labute approximate surface area is 128 Å². The second-order valence-electron chi connectivity index (χ2n) is 5.62. The number of nitrogens with zero attached hydrogens (tertiary/aromatic N) is 2. The zero-order valence-electron chi connectivity index (χ0n) is 12.0. The molecule has 1 atom stereocenters. The van der Waals surface area contributed by atoms with E-state index in [-0.39, 0.29) is 11.6 Å². The SMILES string of the molecule is N#C[C@H](C(=O)C1(c2ccc(F)cc2)CCC1)c1ccccn1. The summed E-state index contributed by atoms with van der Waals surface area (Å²) in [6.07, 6.45) is 3.91. The first-order chi connectivity index (χ1) is 10.7. The van der Waals surface area contributed by atoms with E-state index in [1.54, 1.807) is 36.5 Å². The lowest BCUT2D eigenvalue weighted by Crippen LogP contribution is -2.45. The van der Waals surface area contributed by atoms with Gasteiger partial charge in [0, 0.05) is 6.20 Å².